The molecule has 3 N–H and O–H groups in total. The Hall–Kier alpha value is -2.67. The predicted molar refractivity (Wildman–Crippen MR) is 100 cm³/mol. The van der Waals surface area contributed by atoms with Crippen LogP contribution < -0.4 is 10.6 Å². The van der Waals surface area contributed by atoms with E-state index in [1.54, 1.807) is 24.8 Å². The van der Waals surface area contributed by atoms with Gasteiger partial charge >= 0.3 is 0 Å². The number of rotatable bonds is 5. The number of aliphatic hydroxyl groups excluding tert-OH is 1. The van der Waals surface area contributed by atoms with Gasteiger partial charge in [0.25, 0.3) is 0 Å². The van der Waals surface area contributed by atoms with Crippen LogP contribution in [0, 0.1) is 6.92 Å². The number of hydrogen-bond acceptors (Lipinski definition) is 7. The van der Waals surface area contributed by atoms with Gasteiger partial charge in [0.15, 0.2) is 5.58 Å². The fourth-order valence-corrected chi connectivity index (χ4v) is 3.56. The zero-order chi connectivity index (χ0) is 17.9. The molecule has 3 heterocycles. The molecule has 0 amide bonds. The summed E-state index contributed by atoms with van der Waals surface area (Å²) in [5, 5.41) is 17.5. The summed E-state index contributed by atoms with van der Waals surface area (Å²) < 4.78 is 6.15. The van der Waals surface area contributed by atoms with Crippen molar-refractivity contribution in [2.75, 3.05) is 10.6 Å². The molecule has 0 saturated heterocycles. The molecule has 0 aromatic carbocycles. The Labute approximate surface area is 151 Å². The molecule has 0 unspecified atom stereocenters. The lowest BCUT2D eigenvalue weighted by atomic mass is 9.95. The van der Waals surface area contributed by atoms with Crippen molar-refractivity contribution in [3.05, 3.63) is 36.0 Å². The zero-order valence-corrected chi connectivity index (χ0v) is 14.8. The second kappa shape index (κ2) is 7.29. The highest BCUT2D eigenvalue weighted by Gasteiger charge is 2.23. The van der Waals surface area contributed by atoms with Crippen LogP contribution in [0.5, 0.6) is 0 Å². The predicted octanol–water partition coefficient (Wildman–Crippen LogP) is 3.91. The van der Waals surface area contributed by atoms with E-state index in [0.717, 1.165) is 35.2 Å². The molecular formula is C19H23N5O2. The van der Waals surface area contributed by atoms with Crippen LogP contribution in [-0.4, -0.2) is 26.1 Å². The van der Waals surface area contributed by atoms with E-state index in [1.807, 2.05) is 6.92 Å². The van der Waals surface area contributed by atoms with Gasteiger partial charge in [-0.3, -0.25) is 9.97 Å². The lowest BCUT2D eigenvalue weighted by Crippen LogP contribution is -2.22. The van der Waals surface area contributed by atoms with Gasteiger partial charge in [0, 0.05) is 30.2 Å². The number of aliphatic hydroxyl groups is 1. The van der Waals surface area contributed by atoms with Crippen molar-refractivity contribution in [3.63, 3.8) is 0 Å². The number of aromatic nitrogens is 3. The second-order valence-corrected chi connectivity index (χ2v) is 6.73. The van der Waals surface area contributed by atoms with E-state index < -0.39 is 0 Å². The Kier molecular flexibility index (Phi) is 4.71. The lowest BCUT2D eigenvalue weighted by molar-refractivity contribution is 0.283. The molecule has 0 atom stereocenters. The molecule has 3 aromatic heterocycles. The van der Waals surface area contributed by atoms with Gasteiger partial charge < -0.3 is 20.2 Å². The molecule has 0 spiro atoms. The quantitative estimate of drug-likeness (QED) is 0.640. The number of fused-ring (bicyclic) bond motifs is 1. The number of hydrogen-bond donors (Lipinski definition) is 3. The molecule has 1 fully saturated rings. The summed E-state index contributed by atoms with van der Waals surface area (Å²) in [7, 11) is 0. The highest BCUT2D eigenvalue weighted by molar-refractivity contribution is 6.01. The molecule has 1 saturated carbocycles. The summed E-state index contributed by atoms with van der Waals surface area (Å²) in [5.74, 6) is 1.30. The maximum Gasteiger partial charge on any atom is 0.218 e. The number of anilines is 3. The smallest absolute Gasteiger partial charge is 0.218 e. The topological polar surface area (TPSA) is 96.1 Å². The average Bonchev–Trinajstić information content (AvgIpc) is 3.03. The van der Waals surface area contributed by atoms with Crippen molar-refractivity contribution in [2.45, 2.75) is 51.7 Å². The van der Waals surface area contributed by atoms with Crippen molar-refractivity contribution in [2.24, 2.45) is 0 Å². The minimum absolute atomic E-state index is 0.110. The highest BCUT2D eigenvalue weighted by Crippen LogP contribution is 2.40. The Balaban J connectivity index is 1.80. The van der Waals surface area contributed by atoms with Gasteiger partial charge in [0.2, 0.25) is 5.88 Å². The Morgan fingerprint density at radius 1 is 1.15 bits per heavy atom. The summed E-state index contributed by atoms with van der Waals surface area (Å²) in [6, 6.07) is 0.387. The Morgan fingerprint density at radius 3 is 2.73 bits per heavy atom. The van der Waals surface area contributed by atoms with Crippen LogP contribution in [0.1, 0.15) is 43.4 Å². The first kappa shape index (κ1) is 16.8. The van der Waals surface area contributed by atoms with Crippen LogP contribution in [0.15, 0.2) is 29.2 Å². The minimum Gasteiger partial charge on any atom is -0.436 e. The van der Waals surface area contributed by atoms with Crippen LogP contribution in [0.25, 0.3) is 11.0 Å². The van der Waals surface area contributed by atoms with Gasteiger partial charge in [0.1, 0.15) is 11.5 Å². The molecule has 1 aliphatic rings. The van der Waals surface area contributed by atoms with Crippen molar-refractivity contribution in [3.8, 4) is 0 Å². The van der Waals surface area contributed by atoms with Crippen LogP contribution in [0.3, 0.4) is 0 Å². The molecule has 26 heavy (non-hydrogen) atoms. The van der Waals surface area contributed by atoms with Crippen LogP contribution >= 0.6 is 0 Å². The largest absolute Gasteiger partial charge is 0.436 e. The van der Waals surface area contributed by atoms with E-state index in [1.165, 1.54) is 19.3 Å². The van der Waals surface area contributed by atoms with Crippen LogP contribution in [-0.2, 0) is 6.61 Å². The molecule has 136 valence electrons. The first-order chi connectivity index (χ1) is 12.8. The third-order valence-electron chi connectivity index (χ3n) is 4.90. The van der Waals surface area contributed by atoms with Crippen LogP contribution in [0.4, 0.5) is 17.4 Å². The van der Waals surface area contributed by atoms with Crippen molar-refractivity contribution >= 4 is 28.4 Å². The Morgan fingerprint density at radius 2 is 2.00 bits per heavy atom. The summed E-state index contributed by atoms with van der Waals surface area (Å²) in [6.45, 7) is 1.80. The van der Waals surface area contributed by atoms with Crippen molar-refractivity contribution in [1.29, 1.82) is 0 Å². The first-order valence-corrected chi connectivity index (χ1v) is 9.07. The van der Waals surface area contributed by atoms with E-state index in [0.29, 0.717) is 23.3 Å². The van der Waals surface area contributed by atoms with E-state index in [4.69, 9.17) is 4.42 Å². The minimum atomic E-state index is -0.110. The van der Waals surface area contributed by atoms with E-state index in [2.05, 4.69) is 25.6 Å². The standard InChI is InChI=1S/C19H23N5O2/c1-12-18-16(13(11-25)9-22-12)17(24-15-10-20-7-8-21-15)19(26-18)23-14-5-3-2-4-6-14/h7-10,14,23,25H,2-6,11H2,1H3,(H,21,24). The lowest BCUT2D eigenvalue weighted by Gasteiger charge is -2.23. The van der Waals surface area contributed by atoms with Gasteiger partial charge in [-0.1, -0.05) is 19.3 Å². The summed E-state index contributed by atoms with van der Waals surface area (Å²) in [5.41, 5.74) is 2.97. The summed E-state index contributed by atoms with van der Waals surface area (Å²) >= 11 is 0. The number of aryl methyl sites for hydroxylation is 1. The molecule has 7 heteroatoms. The van der Waals surface area contributed by atoms with Gasteiger partial charge in [-0.05, 0) is 19.8 Å². The number of furan rings is 1. The van der Waals surface area contributed by atoms with Gasteiger partial charge in [-0.15, -0.1) is 0 Å². The van der Waals surface area contributed by atoms with E-state index in [-0.39, 0.29) is 6.61 Å². The van der Waals surface area contributed by atoms with Crippen LogP contribution in [0.2, 0.25) is 0 Å². The zero-order valence-electron chi connectivity index (χ0n) is 14.8. The number of pyridine rings is 1. The first-order valence-electron chi connectivity index (χ1n) is 9.07. The van der Waals surface area contributed by atoms with Gasteiger partial charge in [0.05, 0.1) is 23.9 Å². The molecule has 1 aliphatic carbocycles. The van der Waals surface area contributed by atoms with E-state index in [9.17, 15) is 5.11 Å². The fraction of sp³-hybridized carbons (Fsp3) is 0.421. The monoisotopic (exact) mass is 353 g/mol. The third kappa shape index (κ3) is 3.22. The number of nitrogens with one attached hydrogen (secondary N) is 2. The molecule has 0 bridgehead atoms. The highest BCUT2D eigenvalue weighted by atomic mass is 16.4. The maximum absolute atomic E-state index is 9.79. The number of nitrogens with zero attached hydrogens (tertiary/aromatic N) is 3. The summed E-state index contributed by atoms with van der Waals surface area (Å²) in [4.78, 5) is 12.8. The van der Waals surface area contributed by atoms with E-state index >= 15 is 0 Å². The van der Waals surface area contributed by atoms with Gasteiger partial charge in [-0.25, -0.2) is 4.98 Å². The van der Waals surface area contributed by atoms with Gasteiger partial charge in [-0.2, -0.15) is 0 Å². The Bertz CT molecular complexity index is 888. The normalized spacial score (nSPS) is 15.3. The van der Waals surface area contributed by atoms with Crippen molar-refractivity contribution in [1.82, 2.24) is 15.0 Å². The average molecular weight is 353 g/mol. The maximum atomic E-state index is 9.79. The molecule has 0 aliphatic heterocycles. The molecule has 3 aromatic rings. The molecule has 0 radical (unpaired) electrons. The molecule has 7 nitrogen and oxygen atoms in total. The fourth-order valence-electron chi connectivity index (χ4n) is 3.56. The molecule has 4 rings (SSSR count). The SMILES string of the molecule is Cc1ncc(CO)c2c(Nc3cnccn3)c(NC3CCCCC3)oc12. The summed E-state index contributed by atoms with van der Waals surface area (Å²) in [6.07, 6.45) is 12.6. The second-order valence-electron chi connectivity index (χ2n) is 6.73. The third-order valence-corrected chi connectivity index (χ3v) is 4.90. The molecular weight excluding hydrogens is 330 g/mol. The van der Waals surface area contributed by atoms with Crippen molar-refractivity contribution < 1.29 is 9.52 Å².